The number of para-hydroxylation sites is 1. The van der Waals surface area contributed by atoms with Crippen LogP contribution >= 0.6 is 11.3 Å². The highest BCUT2D eigenvalue weighted by atomic mass is 32.1. The number of hydrogen-bond donors (Lipinski definition) is 1. The molecule has 0 radical (unpaired) electrons. The molecule has 0 saturated heterocycles. The van der Waals surface area contributed by atoms with Gasteiger partial charge in [-0.05, 0) is 32.9 Å². The molecule has 0 atom stereocenters. The first-order valence-corrected chi connectivity index (χ1v) is 9.40. The summed E-state index contributed by atoms with van der Waals surface area (Å²) in [6, 6.07) is 9.49. The summed E-state index contributed by atoms with van der Waals surface area (Å²) >= 11 is 1.48. The Bertz CT molecular complexity index is 1160. The summed E-state index contributed by atoms with van der Waals surface area (Å²) in [6.45, 7) is 5.92. The van der Waals surface area contributed by atoms with Crippen LogP contribution < -0.4 is 5.32 Å². The second-order valence-electron chi connectivity index (χ2n) is 6.45. The number of anilines is 1. The number of rotatable bonds is 3. The molecule has 0 aliphatic heterocycles. The Balaban J connectivity index is 1.83. The van der Waals surface area contributed by atoms with Crippen molar-refractivity contribution in [2.75, 3.05) is 5.32 Å². The Labute approximate surface area is 160 Å². The third-order valence-electron chi connectivity index (χ3n) is 4.72. The molecular weight excluding hydrogens is 358 g/mol. The van der Waals surface area contributed by atoms with E-state index in [-0.39, 0.29) is 5.91 Å². The van der Waals surface area contributed by atoms with Gasteiger partial charge in [0, 0.05) is 28.6 Å². The number of aromatic nitrogens is 4. The highest BCUT2D eigenvalue weighted by Crippen LogP contribution is 2.28. The summed E-state index contributed by atoms with van der Waals surface area (Å²) < 4.78 is 1.80. The van der Waals surface area contributed by atoms with Crippen LogP contribution in [0.15, 0.2) is 36.5 Å². The number of carbonyl (C=O) groups is 1. The van der Waals surface area contributed by atoms with Crippen LogP contribution in [0.2, 0.25) is 0 Å². The number of nitrogens with one attached hydrogen (secondary N) is 1. The average Bonchev–Trinajstić information content (AvgIpc) is 3.15. The maximum atomic E-state index is 13.0. The van der Waals surface area contributed by atoms with Gasteiger partial charge >= 0.3 is 0 Å². The Morgan fingerprint density at radius 3 is 2.59 bits per heavy atom. The maximum absolute atomic E-state index is 13.0. The van der Waals surface area contributed by atoms with Crippen molar-refractivity contribution in [2.45, 2.75) is 20.8 Å². The third kappa shape index (κ3) is 3.10. The zero-order valence-corrected chi connectivity index (χ0v) is 16.4. The molecule has 27 heavy (non-hydrogen) atoms. The SMILES string of the molecule is Cc1nc(NC(=O)c2cc(-c3cnn(C)c3C)nc3ccccc23)sc1C. The van der Waals surface area contributed by atoms with Crippen LogP contribution in [-0.2, 0) is 7.05 Å². The summed E-state index contributed by atoms with van der Waals surface area (Å²) in [5.74, 6) is -0.190. The fourth-order valence-electron chi connectivity index (χ4n) is 2.94. The van der Waals surface area contributed by atoms with Gasteiger partial charge in [-0.3, -0.25) is 14.8 Å². The lowest BCUT2D eigenvalue weighted by molar-refractivity contribution is 0.102. The summed E-state index contributed by atoms with van der Waals surface area (Å²) in [6.07, 6.45) is 1.78. The van der Waals surface area contributed by atoms with E-state index < -0.39 is 0 Å². The van der Waals surface area contributed by atoms with Crippen molar-refractivity contribution in [1.29, 1.82) is 0 Å². The summed E-state index contributed by atoms with van der Waals surface area (Å²) in [5, 5.41) is 8.64. The molecule has 136 valence electrons. The largest absolute Gasteiger partial charge is 0.298 e. The second-order valence-corrected chi connectivity index (χ2v) is 7.66. The van der Waals surface area contributed by atoms with E-state index in [9.17, 15) is 4.79 Å². The van der Waals surface area contributed by atoms with Crippen LogP contribution in [0.3, 0.4) is 0 Å². The van der Waals surface area contributed by atoms with Crippen molar-refractivity contribution in [3.05, 3.63) is 58.4 Å². The van der Waals surface area contributed by atoms with Gasteiger partial charge < -0.3 is 0 Å². The number of fused-ring (bicyclic) bond motifs is 1. The lowest BCUT2D eigenvalue weighted by Gasteiger charge is -2.09. The number of benzene rings is 1. The highest BCUT2D eigenvalue weighted by molar-refractivity contribution is 7.15. The number of aryl methyl sites for hydroxylation is 3. The number of hydrogen-bond acceptors (Lipinski definition) is 5. The van der Waals surface area contributed by atoms with E-state index >= 15 is 0 Å². The van der Waals surface area contributed by atoms with Gasteiger partial charge in [-0.2, -0.15) is 5.10 Å². The first-order valence-electron chi connectivity index (χ1n) is 8.58. The molecule has 0 aliphatic rings. The van der Waals surface area contributed by atoms with Gasteiger partial charge in [-0.1, -0.05) is 18.2 Å². The van der Waals surface area contributed by atoms with Crippen molar-refractivity contribution in [2.24, 2.45) is 7.05 Å². The second kappa shape index (κ2) is 6.59. The summed E-state index contributed by atoms with van der Waals surface area (Å²) in [4.78, 5) is 23.3. The third-order valence-corrected chi connectivity index (χ3v) is 5.71. The van der Waals surface area contributed by atoms with Crippen LogP contribution in [0.4, 0.5) is 5.13 Å². The molecule has 0 unspecified atom stereocenters. The number of nitrogens with zero attached hydrogens (tertiary/aromatic N) is 4. The van der Waals surface area contributed by atoms with Gasteiger partial charge in [-0.25, -0.2) is 9.97 Å². The normalized spacial score (nSPS) is 11.1. The van der Waals surface area contributed by atoms with Crippen LogP contribution in [0, 0.1) is 20.8 Å². The van der Waals surface area contributed by atoms with Crippen molar-refractivity contribution in [3.8, 4) is 11.3 Å². The Kier molecular flexibility index (Phi) is 4.24. The molecule has 3 aromatic heterocycles. The quantitative estimate of drug-likeness (QED) is 0.579. The standard InChI is InChI=1S/C20H19N5OS/c1-11-13(3)27-20(22-11)24-19(26)15-9-18(16-10-21-25(4)12(16)2)23-17-8-6-5-7-14(15)17/h5-10H,1-4H3,(H,22,24,26). The molecule has 3 heterocycles. The fraction of sp³-hybridized carbons (Fsp3) is 0.200. The molecule has 0 spiro atoms. The van der Waals surface area contributed by atoms with E-state index in [0.717, 1.165) is 38.4 Å². The van der Waals surface area contributed by atoms with E-state index in [2.05, 4.69) is 15.4 Å². The van der Waals surface area contributed by atoms with Crippen LogP contribution in [0.25, 0.3) is 22.2 Å². The van der Waals surface area contributed by atoms with Gasteiger partial charge in [0.2, 0.25) is 0 Å². The number of thiazole rings is 1. The first-order chi connectivity index (χ1) is 12.9. The molecule has 7 heteroatoms. The Morgan fingerprint density at radius 1 is 1.15 bits per heavy atom. The van der Waals surface area contributed by atoms with Gasteiger partial charge in [0.25, 0.3) is 5.91 Å². The summed E-state index contributed by atoms with van der Waals surface area (Å²) in [5.41, 5.74) is 4.92. The van der Waals surface area contributed by atoms with Crippen molar-refractivity contribution in [3.63, 3.8) is 0 Å². The van der Waals surface area contributed by atoms with Gasteiger partial charge in [0.05, 0.1) is 28.7 Å². The Morgan fingerprint density at radius 2 is 1.93 bits per heavy atom. The monoisotopic (exact) mass is 377 g/mol. The van der Waals surface area contributed by atoms with E-state index in [1.807, 2.05) is 58.2 Å². The number of carbonyl (C=O) groups excluding carboxylic acids is 1. The maximum Gasteiger partial charge on any atom is 0.258 e. The molecule has 1 N–H and O–H groups in total. The molecular formula is C20H19N5OS. The molecule has 1 amide bonds. The zero-order valence-electron chi connectivity index (χ0n) is 15.6. The van der Waals surface area contributed by atoms with Crippen molar-refractivity contribution >= 4 is 33.3 Å². The molecule has 0 saturated carbocycles. The molecule has 1 aromatic carbocycles. The smallest absolute Gasteiger partial charge is 0.258 e. The fourth-order valence-corrected chi connectivity index (χ4v) is 3.75. The Hall–Kier alpha value is -3.06. The van der Waals surface area contributed by atoms with Gasteiger partial charge in [0.1, 0.15) is 0 Å². The van der Waals surface area contributed by atoms with Crippen LogP contribution in [0.5, 0.6) is 0 Å². The summed E-state index contributed by atoms with van der Waals surface area (Å²) in [7, 11) is 1.89. The topological polar surface area (TPSA) is 72.7 Å². The predicted molar refractivity (Wildman–Crippen MR) is 108 cm³/mol. The first kappa shape index (κ1) is 17.4. The minimum absolute atomic E-state index is 0.190. The van der Waals surface area contributed by atoms with E-state index in [0.29, 0.717) is 10.7 Å². The minimum atomic E-state index is -0.190. The van der Waals surface area contributed by atoms with Crippen LogP contribution in [-0.4, -0.2) is 25.7 Å². The van der Waals surface area contributed by atoms with Gasteiger partial charge in [0.15, 0.2) is 5.13 Å². The minimum Gasteiger partial charge on any atom is -0.298 e. The zero-order chi connectivity index (χ0) is 19.1. The molecule has 0 fully saturated rings. The molecule has 4 aromatic rings. The molecule has 0 bridgehead atoms. The molecule has 6 nitrogen and oxygen atoms in total. The van der Waals surface area contributed by atoms with Crippen LogP contribution in [0.1, 0.15) is 26.6 Å². The van der Waals surface area contributed by atoms with Crippen molar-refractivity contribution in [1.82, 2.24) is 19.7 Å². The highest BCUT2D eigenvalue weighted by Gasteiger charge is 2.17. The molecule has 4 rings (SSSR count). The van der Waals surface area contributed by atoms with E-state index in [4.69, 9.17) is 4.98 Å². The van der Waals surface area contributed by atoms with E-state index in [1.165, 1.54) is 11.3 Å². The average molecular weight is 377 g/mol. The lowest BCUT2D eigenvalue weighted by Crippen LogP contribution is -2.13. The lowest BCUT2D eigenvalue weighted by atomic mass is 10.0. The number of pyridine rings is 1. The predicted octanol–water partition coefficient (Wildman–Crippen LogP) is 4.27. The van der Waals surface area contributed by atoms with Gasteiger partial charge in [-0.15, -0.1) is 11.3 Å². The molecule has 0 aliphatic carbocycles. The number of amides is 1. The van der Waals surface area contributed by atoms with E-state index in [1.54, 1.807) is 10.9 Å². The van der Waals surface area contributed by atoms with Crippen molar-refractivity contribution < 1.29 is 4.79 Å².